The molecule has 0 spiro atoms. The average Bonchev–Trinajstić information content (AvgIpc) is 2.58. The van der Waals surface area contributed by atoms with Gasteiger partial charge in [-0.3, -0.25) is 4.98 Å². The van der Waals surface area contributed by atoms with Gasteiger partial charge in [-0.05, 0) is 42.3 Å². The lowest BCUT2D eigenvalue weighted by Gasteiger charge is -2.09. The predicted octanol–water partition coefficient (Wildman–Crippen LogP) is 4.30. The van der Waals surface area contributed by atoms with Crippen LogP contribution >= 0.6 is 15.9 Å². The molecule has 2 heterocycles. The summed E-state index contributed by atoms with van der Waals surface area (Å²) in [6.45, 7) is 2.74. The van der Waals surface area contributed by atoms with E-state index in [1.54, 1.807) is 18.7 Å². The smallest absolute Gasteiger partial charge is 0.135 e. The van der Waals surface area contributed by atoms with Crippen molar-refractivity contribution in [1.29, 1.82) is 0 Å². The molecule has 5 nitrogen and oxygen atoms in total. The summed E-state index contributed by atoms with van der Waals surface area (Å²) in [4.78, 5) is 12.5. The lowest BCUT2D eigenvalue weighted by molar-refractivity contribution is 1.07. The fourth-order valence-corrected chi connectivity index (χ4v) is 2.41. The van der Waals surface area contributed by atoms with E-state index < -0.39 is 0 Å². The van der Waals surface area contributed by atoms with E-state index in [1.165, 1.54) is 5.56 Å². The summed E-state index contributed by atoms with van der Waals surface area (Å²) < 4.78 is 1.06. The van der Waals surface area contributed by atoms with Crippen molar-refractivity contribution in [3.63, 3.8) is 0 Å². The number of aromatic nitrogens is 3. The molecular weight excluding hydrogens is 354 g/mol. The Morgan fingerprint density at radius 1 is 1.00 bits per heavy atom. The molecular formula is C17H16BrN5. The van der Waals surface area contributed by atoms with Gasteiger partial charge in [0.1, 0.15) is 18.0 Å². The van der Waals surface area contributed by atoms with Gasteiger partial charge in [-0.15, -0.1) is 0 Å². The largest absolute Gasteiger partial charge is 0.366 e. The maximum absolute atomic E-state index is 4.25. The Balaban J connectivity index is 1.68. The first-order valence-corrected chi connectivity index (χ1v) is 7.98. The zero-order valence-corrected chi connectivity index (χ0v) is 14.2. The molecule has 2 N–H and O–H groups in total. The molecule has 23 heavy (non-hydrogen) atoms. The first-order valence-electron chi connectivity index (χ1n) is 7.19. The van der Waals surface area contributed by atoms with Gasteiger partial charge in [-0.2, -0.15) is 0 Å². The van der Waals surface area contributed by atoms with Crippen molar-refractivity contribution in [2.24, 2.45) is 0 Å². The fourth-order valence-electron chi connectivity index (χ4n) is 2.03. The van der Waals surface area contributed by atoms with Crippen LogP contribution in [0.5, 0.6) is 0 Å². The molecule has 0 amide bonds. The predicted molar refractivity (Wildman–Crippen MR) is 95.8 cm³/mol. The van der Waals surface area contributed by atoms with Gasteiger partial charge in [-0.1, -0.05) is 22.0 Å². The van der Waals surface area contributed by atoms with Gasteiger partial charge in [0.2, 0.25) is 0 Å². The maximum Gasteiger partial charge on any atom is 0.135 e. The molecule has 0 atom stereocenters. The quantitative estimate of drug-likeness (QED) is 0.701. The number of pyridine rings is 1. The third-order valence-electron chi connectivity index (χ3n) is 3.33. The summed E-state index contributed by atoms with van der Waals surface area (Å²) in [5, 5.41) is 6.56. The lowest BCUT2D eigenvalue weighted by Crippen LogP contribution is -2.03. The standard InChI is InChI=1S/C17H16BrN5/c1-12-2-3-14(8-15(12)18)23-17-9-16(21-11-22-17)20-10-13-4-6-19-7-5-13/h2-9,11H,10H2,1H3,(H2,20,21,22,23). The van der Waals surface area contributed by atoms with E-state index in [4.69, 9.17) is 0 Å². The van der Waals surface area contributed by atoms with Crippen LogP contribution in [0.3, 0.4) is 0 Å². The van der Waals surface area contributed by atoms with E-state index in [0.717, 1.165) is 27.4 Å². The number of hydrogen-bond acceptors (Lipinski definition) is 5. The number of rotatable bonds is 5. The van der Waals surface area contributed by atoms with Crippen molar-refractivity contribution >= 4 is 33.3 Å². The Labute approximate surface area is 143 Å². The minimum Gasteiger partial charge on any atom is -0.366 e. The molecule has 116 valence electrons. The molecule has 0 radical (unpaired) electrons. The van der Waals surface area contributed by atoms with Crippen LogP contribution in [0.25, 0.3) is 0 Å². The van der Waals surface area contributed by atoms with Gasteiger partial charge in [-0.25, -0.2) is 9.97 Å². The van der Waals surface area contributed by atoms with Crippen LogP contribution in [-0.4, -0.2) is 15.0 Å². The van der Waals surface area contributed by atoms with Crippen molar-refractivity contribution in [2.75, 3.05) is 10.6 Å². The molecule has 0 fully saturated rings. The van der Waals surface area contributed by atoms with Crippen molar-refractivity contribution in [2.45, 2.75) is 13.5 Å². The number of benzene rings is 1. The highest BCUT2D eigenvalue weighted by atomic mass is 79.9. The summed E-state index contributed by atoms with van der Waals surface area (Å²) >= 11 is 3.53. The van der Waals surface area contributed by atoms with Crippen LogP contribution in [0.1, 0.15) is 11.1 Å². The molecule has 3 rings (SSSR count). The third-order valence-corrected chi connectivity index (χ3v) is 4.19. The number of nitrogens with zero attached hydrogens (tertiary/aromatic N) is 3. The molecule has 0 bridgehead atoms. The van der Waals surface area contributed by atoms with Gasteiger partial charge < -0.3 is 10.6 Å². The van der Waals surface area contributed by atoms with E-state index in [9.17, 15) is 0 Å². The maximum atomic E-state index is 4.25. The molecule has 2 aromatic heterocycles. The van der Waals surface area contributed by atoms with Gasteiger partial charge in [0.15, 0.2) is 0 Å². The molecule has 0 saturated heterocycles. The van der Waals surface area contributed by atoms with Crippen LogP contribution in [0.15, 0.2) is 59.6 Å². The van der Waals surface area contributed by atoms with Crippen LogP contribution in [-0.2, 0) is 6.54 Å². The molecule has 0 unspecified atom stereocenters. The number of halogens is 1. The first kappa shape index (κ1) is 15.4. The third kappa shape index (κ3) is 4.26. The topological polar surface area (TPSA) is 62.7 Å². The highest BCUT2D eigenvalue weighted by molar-refractivity contribution is 9.10. The van der Waals surface area contributed by atoms with Crippen molar-refractivity contribution < 1.29 is 0 Å². The van der Waals surface area contributed by atoms with E-state index >= 15 is 0 Å². The fraction of sp³-hybridized carbons (Fsp3) is 0.118. The minimum atomic E-state index is 0.690. The number of anilines is 3. The number of nitrogens with one attached hydrogen (secondary N) is 2. The second kappa shape index (κ2) is 7.19. The number of aryl methyl sites for hydroxylation is 1. The van der Waals surface area contributed by atoms with Gasteiger partial charge in [0.25, 0.3) is 0 Å². The van der Waals surface area contributed by atoms with Crippen LogP contribution in [0.4, 0.5) is 17.3 Å². The molecule has 0 aliphatic carbocycles. The molecule has 0 aliphatic rings. The van der Waals surface area contributed by atoms with Gasteiger partial charge >= 0.3 is 0 Å². The minimum absolute atomic E-state index is 0.690. The van der Waals surface area contributed by atoms with Crippen LogP contribution in [0, 0.1) is 6.92 Å². The molecule has 0 saturated carbocycles. The molecule has 3 aromatic rings. The number of hydrogen-bond donors (Lipinski definition) is 2. The summed E-state index contributed by atoms with van der Waals surface area (Å²) in [5.41, 5.74) is 3.31. The second-order valence-corrected chi connectivity index (χ2v) is 5.94. The summed E-state index contributed by atoms with van der Waals surface area (Å²) in [7, 11) is 0. The highest BCUT2D eigenvalue weighted by Gasteiger charge is 2.02. The average molecular weight is 370 g/mol. The Hall–Kier alpha value is -2.47. The Morgan fingerprint density at radius 2 is 1.78 bits per heavy atom. The SMILES string of the molecule is Cc1ccc(Nc2cc(NCc3ccncc3)ncn2)cc1Br. The Morgan fingerprint density at radius 3 is 2.57 bits per heavy atom. The van der Waals surface area contributed by atoms with Crippen molar-refractivity contribution in [3.05, 3.63) is 70.7 Å². The zero-order valence-electron chi connectivity index (χ0n) is 12.6. The zero-order chi connectivity index (χ0) is 16.1. The van der Waals surface area contributed by atoms with E-state index in [0.29, 0.717) is 6.54 Å². The Kier molecular flexibility index (Phi) is 4.83. The summed E-state index contributed by atoms with van der Waals surface area (Å²) in [6, 6.07) is 11.9. The normalized spacial score (nSPS) is 10.3. The van der Waals surface area contributed by atoms with Gasteiger partial charge in [0.05, 0.1) is 0 Å². The monoisotopic (exact) mass is 369 g/mol. The van der Waals surface area contributed by atoms with Crippen LogP contribution in [0.2, 0.25) is 0 Å². The highest BCUT2D eigenvalue weighted by Crippen LogP contribution is 2.23. The van der Waals surface area contributed by atoms with E-state index in [2.05, 4.69) is 54.5 Å². The Bertz CT molecular complexity index is 792. The van der Waals surface area contributed by atoms with Crippen LogP contribution < -0.4 is 10.6 Å². The lowest BCUT2D eigenvalue weighted by atomic mass is 10.2. The second-order valence-electron chi connectivity index (χ2n) is 5.09. The van der Waals surface area contributed by atoms with E-state index in [1.807, 2.05) is 30.3 Å². The molecule has 0 aliphatic heterocycles. The molecule has 6 heteroatoms. The first-order chi connectivity index (χ1) is 11.2. The molecule has 1 aromatic carbocycles. The van der Waals surface area contributed by atoms with Crippen molar-refractivity contribution in [1.82, 2.24) is 15.0 Å². The van der Waals surface area contributed by atoms with Crippen molar-refractivity contribution in [3.8, 4) is 0 Å². The summed E-state index contributed by atoms with van der Waals surface area (Å²) in [6.07, 6.45) is 5.10. The van der Waals surface area contributed by atoms with E-state index in [-0.39, 0.29) is 0 Å². The van der Waals surface area contributed by atoms with Gasteiger partial charge in [0, 0.05) is 35.2 Å². The summed E-state index contributed by atoms with van der Waals surface area (Å²) in [5.74, 6) is 1.51.